The van der Waals surface area contributed by atoms with E-state index in [0.29, 0.717) is 0 Å². The van der Waals surface area contributed by atoms with Gasteiger partial charge < -0.3 is 25.3 Å². The summed E-state index contributed by atoms with van der Waals surface area (Å²) in [6, 6.07) is 0. The van der Waals surface area contributed by atoms with Crippen LogP contribution in [0.5, 0.6) is 0 Å². The molecule has 0 unspecified atom stereocenters. The molecule has 136 valence electrons. The van der Waals surface area contributed by atoms with Crippen molar-refractivity contribution in [2.24, 2.45) is 0 Å². The number of carboxylic acids is 2. The van der Waals surface area contributed by atoms with Crippen molar-refractivity contribution in [3.05, 3.63) is 0 Å². The van der Waals surface area contributed by atoms with Crippen molar-refractivity contribution in [3.63, 3.8) is 0 Å². The Bertz CT molecular complexity index is 211. The Morgan fingerprint density at radius 1 is 0.636 bits per heavy atom. The predicted molar refractivity (Wildman–Crippen MR) is 80.4 cm³/mol. The van der Waals surface area contributed by atoms with Crippen LogP contribution in [0.15, 0.2) is 0 Å². The second-order valence-corrected chi connectivity index (χ2v) is 5.07. The van der Waals surface area contributed by atoms with Crippen LogP contribution in [0.2, 0.25) is 0 Å². The third kappa shape index (κ3) is 36.6. The molecule has 0 bridgehead atoms. The Morgan fingerprint density at radius 3 is 1.14 bits per heavy atom. The second-order valence-electron chi connectivity index (χ2n) is 5.07. The molecule has 22 heavy (non-hydrogen) atoms. The molecule has 0 saturated carbocycles. The molecule has 0 saturated heterocycles. The molecular weight excluding hydrogens is 331 g/mol. The van der Waals surface area contributed by atoms with E-state index in [4.69, 9.17) is 0 Å². The van der Waals surface area contributed by atoms with Crippen LogP contribution in [0.4, 0.5) is 0 Å². The van der Waals surface area contributed by atoms with Crippen LogP contribution in [0.25, 0.3) is 0 Å². The van der Waals surface area contributed by atoms with Crippen LogP contribution in [-0.4, -0.2) is 17.4 Å². The van der Waals surface area contributed by atoms with Gasteiger partial charge in [0, 0.05) is 11.9 Å². The number of carbonyl (C=O) groups is 2. The van der Waals surface area contributed by atoms with E-state index in [0.717, 1.165) is 38.5 Å². The quantitative estimate of drug-likeness (QED) is 0.385. The van der Waals surface area contributed by atoms with Crippen molar-refractivity contribution in [1.82, 2.24) is 0 Å². The molecule has 0 aromatic heterocycles. The zero-order valence-corrected chi connectivity index (χ0v) is 14.9. The Balaban J connectivity index is -0.000000135. The molecule has 0 aromatic rings. The topological polar surface area (TPSA) is 112 Å². The molecule has 0 spiro atoms. The summed E-state index contributed by atoms with van der Waals surface area (Å²) in [6.07, 6.45) is 11.2. The molecule has 0 aliphatic carbocycles. The molecule has 0 aromatic carbocycles. The molecule has 5 nitrogen and oxygen atoms in total. The number of aliphatic carboxylic acids is 2. The Labute approximate surface area is 145 Å². The van der Waals surface area contributed by atoms with Crippen molar-refractivity contribution in [2.75, 3.05) is 0 Å². The Morgan fingerprint density at radius 2 is 0.909 bits per heavy atom. The molecule has 6 heteroatoms. The van der Waals surface area contributed by atoms with Gasteiger partial charge in [-0.3, -0.25) is 0 Å². The molecule has 0 aliphatic rings. The van der Waals surface area contributed by atoms with Gasteiger partial charge in [0.05, 0.1) is 0 Å². The number of hydrogen-bond acceptors (Lipinski definition) is 4. The first-order valence-electron chi connectivity index (χ1n) is 7.94. The van der Waals surface area contributed by atoms with Gasteiger partial charge in [-0.1, -0.05) is 65.2 Å². The largest absolute Gasteiger partial charge is 2.00 e. The summed E-state index contributed by atoms with van der Waals surface area (Å²) in [5, 5.41) is 19.8. The van der Waals surface area contributed by atoms with Gasteiger partial charge in [0.15, 0.2) is 0 Å². The summed E-state index contributed by atoms with van der Waals surface area (Å²) in [4.78, 5) is 19.8. The molecule has 0 radical (unpaired) electrons. The molecule has 2 N–H and O–H groups in total. The maximum atomic E-state index is 9.92. The first kappa shape index (κ1) is 29.4. The number of carboxylic acid groups (broad SMARTS) is 2. The summed E-state index contributed by atoms with van der Waals surface area (Å²) in [7, 11) is 0. The van der Waals surface area contributed by atoms with Crippen molar-refractivity contribution in [3.8, 4) is 0 Å². The Hall–Kier alpha value is -0.606. The van der Waals surface area contributed by atoms with E-state index in [1.165, 1.54) is 25.7 Å². The summed E-state index contributed by atoms with van der Waals surface area (Å²) < 4.78 is 0. The molecule has 0 amide bonds. The van der Waals surface area contributed by atoms with Crippen LogP contribution in [0, 0.1) is 0 Å². The van der Waals surface area contributed by atoms with Gasteiger partial charge >= 0.3 is 16.5 Å². The average Bonchev–Trinajstić information content (AvgIpc) is 2.38. The van der Waals surface area contributed by atoms with Gasteiger partial charge in [0.25, 0.3) is 0 Å². The van der Waals surface area contributed by atoms with Gasteiger partial charge in [0.2, 0.25) is 0 Å². The van der Waals surface area contributed by atoms with Crippen LogP contribution in [0.3, 0.4) is 0 Å². The van der Waals surface area contributed by atoms with E-state index < -0.39 is 11.9 Å². The number of hydrogen-bond donors (Lipinski definition) is 0. The van der Waals surface area contributed by atoms with E-state index in [9.17, 15) is 19.8 Å². The van der Waals surface area contributed by atoms with Crippen molar-refractivity contribution < 1.29 is 41.8 Å². The second kappa shape index (κ2) is 25.4. The van der Waals surface area contributed by atoms with Crippen molar-refractivity contribution in [1.29, 1.82) is 0 Å². The smallest absolute Gasteiger partial charge is 0.550 e. The zero-order chi connectivity index (χ0) is 15.6. The summed E-state index contributed by atoms with van der Waals surface area (Å²) in [5.41, 5.74) is 0. The predicted octanol–water partition coefficient (Wildman–Crippen LogP) is 1.37. The van der Waals surface area contributed by atoms with Gasteiger partial charge in [-0.25, -0.2) is 0 Å². The summed E-state index contributed by atoms with van der Waals surface area (Å²) in [5.74, 6) is -1.84. The van der Waals surface area contributed by atoms with E-state index >= 15 is 0 Å². The van der Waals surface area contributed by atoms with E-state index in [2.05, 4.69) is 13.8 Å². The van der Waals surface area contributed by atoms with Gasteiger partial charge in [0.1, 0.15) is 0 Å². The summed E-state index contributed by atoms with van der Waals surface area (Å²) in [6.45, 7) is 4.28. The normalized spacial score (nSPS) is 8.82. The van der Waals surface area contributed by atoms with Crippen molar-refractivity contribution >= 4 is 11.9 Å². The first-order valence-corrected chi connectivity index (χ1v) is 7.94. The fourth-order valence-electron chi connectivity index (χ4n) is 1.75. The molecule has 0 aliphatic heterocycles. The van der Waals surface area contributed by atoms with E-state index in [-0.39, 0.29) is 34.8 Å². The van der Waals surface area contributed by atoms with Gasteiger partial charge in [-0.15, -0.1) is 0 Å². The minimum absolute atomic E-state index is 0. The van der Waals surface area contributed by atoms with Crippen molar-refractivity contribution in [2.45, 2.75) is 90.9 Å². The Kier molecular flexibility index (Phi) is 33.9. The standard InChI is InChI=1S/2C8H16O2.Ni.H2O/c2*1-2-3-4-5-6-7-8(9)10;;/h2*2-7H2,1H3,(H,9,10);;1H2/q;;+2;/p-2. The monoisotopic (exact) mass is 362 g/mol. The van der Waals surface area contributed by atoms with Gasteiger partial charge in [-0.05, 0) is 25.7 Å². The molecular formula is C16H32NiO5. The third-order valence-electron chi connectivity index (χ3n) is 2.97. The molecule has 0 rings (SSSR count). The number of rotatable bonds is 12. The van der Waals surface area contributed by atoms with Crippen LogP contribution < -0.4 is 10.2 Å². The summed E-state index contributed by atoms with van der Waals surface area (Å²) >= 11 is 0. The fourth-order valence-corrected chi connectivity index (χ4v) is 1.75. The van der Waals surface area contributed by atoms with Gasteiger partial charge in [-0.2, -0.15) is 0 Å². The average molecular weight is 363 g/mol. The maximum absolute atomic E-state index is 9.92. The maximum Gasteiger partial charge on any atom is 2.00 e. The first-order chi connectivity index (χ1) is 9.54. The molecule has 0 heterocycles. The van der Waals surface area contributed by atoms with E-state index in [1.807, 2.05) is 0 Å². The zero-order valence-electron chi connectivity index (χ0n) is 13.9. The van der Waals surface area contributed by atoms with Crippen LogP contribution in [-0.2, 0) is 26.1 Å². The molecule has 0 fully saturated rings. The van der Waals surface area contributed by atoms with E-state index in [1.54, 1.807) is 0 Å². The number of carbonyl (C=O) groups excluding carboxylic acids is 2. The van der Waals surface area contributed by atoms with Crippen LogP contribution >= 0.6 is 0 Å². The minimum Gasteiger partial charge on any atom is -0.550 e. The SMILES string of the molecule is CCCCCCCC(=O)[O-].CCCCCCCC(=O)[O-].O.[Ni+2]. The fraction of sp³-hybridized carbons (Fsp3) is 0.875. The van der Waals surface area contributed by atoms with Crippen LogP contribution in [0.1, 0.15) is 90.9 Å². The minimum atomic E-state index is -0.920. The molecule has 0 atom stereocenters. The number of unbranched alkanes of at least 4 members (excludes halogenated alkanes) is 8. The third-order valence-corrected chi connectivity index (χ3v) is 2.97.